The number of hydrogen-bond acceptors (Lipinski definition) is 3. The molecule has 6 rings (SSSR count). The summed E-state index contributed by atoms with van der Waals surface area (Å²) < 4.78 is 0. The van der Waals surface area contributed by atoms with Crippen molar-refractivity contribution in [3.63, 3.8) is 0 Å². The van der Waals surface area contributed by atoms with Gasteiger partial charge in [-0.2, -0.15) is 0 Å². The maximum atomic E-state index is 14.1. The lowest BCUT2D eigenvalue weighted by atomic mass is 9.92. The van der Waals surface area contributed by atoms with Crippen LogP contribution in [0.3, 0.4) is 0 Å². The second-order valence-electron chi connectivity index (χ2n) is 11.4. The summed E-state index contributed by atoms with van der Waals surface area (Å²) in [5.41, 5.74) is 9.98. The largest absolute Gasteiger partial charge is 0.347 e. The van der Waals surface area contributed by atoms with E-state index in [1.54, 1.807) is 0 Å². The number of hydrogen-bond donors (Lipinski definition) is 3. The highest BCUT2D eigenvalue weighted by atomic mass is 16.2. The van der Waals surface area contributed by atoms with Gasteiger partial charge in [-0.05, 0) is 103 Å². The van der Waals surface area contributed by atoms with Crippen LogP contribution in [0.4, 0.5) is 0 Å². The van der Waals surface area contributed by atoms with E-state index in [-0.39, 0.29) is 18.0 Å². The van der Waals surface area contributed by atoms with Crippen molar-refractivity contribution < 1.29 is 4.79 Å². The minimum absolute atomic E-state index is 0.0439. The number of fused-ring (bicyclic) bond motifs is 2. The lowest BCUT2D eigenvalue weighted by Gasteiger charge is -2.25. The van der Waals surface area contributed by atoms with E-state index in [0.717, 1.165) is 69.3 Å². The Bertz CT molecular complexity index is 1450. The van der Waals surface area contributed by atoms with Crippen LogP contribution in [0.5, 0.6) is 0 Å². The van der Waals surface area contributed by atoms with Gasteiger partial charge in [0, 0.05) is 6.54 Å². The molecule has 0 bridgehead atoms. The van der Waals surface area contributed by atoms with Gasteiger partial charge in [-0.1, -0.05) is 97.1 Å². The summed E-state index contributed by atoms with van der Waals surface area (Å²) in [6, 6.07) is 34.0. The molecule has 0 fully saturated rings. The number of nitrogens with one attached hydrogen (secondary N) is 3. The first-order chi connectivity index (χ1) is 20.2. The normalized spacial score (nSPS) is 17.4. The van der Waals surface area contributed by atoms with Crippen LogP contribution in [-0.4, -0.2) is 19.0 Å². The molecule has 4 nitrogen and oxygen atoms in total. The van der Waals surface area contributed by atoms with Crippen molar-refractivity contribution in [2.24, 2.45) is 0 Å². The topological polar surface area (TPSA) is 53.2 Å². The Hall–Kier alpha value is -3.73. The molecule has 0 aromatic heterocycles. The van der Waals surface area contributed by atoms with Crippen molar-refractivity contribution in [2.45, 2.75) is 57.2 Å². The van der Waals surface area contributed by atoms with E-state index in [4.69, 9.17) is 0 Å². The molecule has 3 N–H and O–H groups in total. The van der Waals surface area contributed by atoms with E-state index in [2.05, 4.69) is 107 Å². The molecule has 2 aliphatic rings. The molecule has 2 unspecified atom stereocenters. The van der Waals surface area contributed by atoms with Gasteiger partial charge in [-0.15, -0.1) is 0 Å². The molecule has 0 spiro atoms. The molecule has 4 heteroatoms. The van der Waals surface area contributed by atoms with Gasteiger partial charge in [-0.25, -0.2) is 0 Å². The minimum atomic E-state index is -0.377. The molecular weight excluding hydrogens is 502 g/mol. The first-order valence-corrected chi connectivity index (χ1v) is 15.1. The Morgan fingerprint density at radius 3 is 2.37 bits per heavy atom. The van der Waals surface area contributed by atoms with E-state index >= 15 is 0 Å². The zero-order chi connectivity index (χ0) is 27.9. The van der Waals surface area contributed by atoms with Crippen molar-refractivity contribution in [1.29, 1.82) is 0 Å². The Morgan fingerprint density at radius 2 is 1.54 bits per heavy atom. The summed E-state index contributed by atoms with van der Waals surface area (Å²) in [5, 5.41) is 10.6. The van der Waals surface area contributed by atoms with Crippen LogP contribution in [-0.2, 0) is 37.0 Å². The van der Waals surface area contributed by atoms with Crippen LogP contribution in [0, 0.1) is 6.42 Å². The molecule has 2 aliphatic heterocycles. The second-order valence-corrected chi connectivity index (χ2v) is 11.4. The van der Waals surface area contributed by atoms with Gasteiger partial charge in [0.1, 0.15) is 6.04 Å². The van der Waals surface area contributed by atoms with E-state index in [9.17, 15) is 4.79 Å². The van der Waals surface area contributed by atoms with Crippen molar-refractivity contribution in [1.82, 2.24) is 16.0 Å². The first kappa shape index (κ1) is 27.4. The lowest BCUT2D eigenvalue weighted by molar-refractivity contribution is -0.124. The highest BCUT2D eigenvalue weighted by Crippen LogP contribution is 2.28. The molecule has 41 heavy (non-hydrogen) atoms. The maximum Gasteiger partial charge on any atom is 0.242 e. The van der Waals surface area contributed by atoms with Crippen molar-refractivity contribution >= 4 is 5.91 Å². The third kappa shape index (κ3) is 6.95. The predicted molar refractivity (Wildman–Crippen MR) is 167 cm³/mol. The lowest BCUT2D eigenvalue weighted by Crippen LogP contribution is -2.40. The summed E-state index contributed by atoms with van der Waals surface area (Å²) in [6.45, 7) is 2.75. The predicted octanol–water partition coefficient (Wildman–Crippen LogP) is 6.19. The molecule has 2 atom stereocenters. The number of amides is 1. The number of aryl methyl sites for hydroxylation is 2. The van der Waals surface area contributed by atoms with Gasteiger partial charge >= 0.3 is 0 Å². The Morgan fingerprint density at radius 1 is 0.805 bits per heavy atom. The van der Waals surface area contributed by atoms with E-state index in [1.807, 2.05) is 12.1 Å². The number of carbonyl (C=O) groups is 1. The van der Waals surface area contributed by atoms with Gasteiger partial charge < -0.3 is 16.0 Å². The third-order valence-electron chi connectivity index (χ3n) is 8.48. The Labute approximate surface area is 244 Å². The number of carbonyl (C=O) groups excluding carboxylic acids is 1. The molecule has 2 heterocycles. The van der Waals surface area contributed by atoms with Crippen molar-refractivity contribution in [3.8, 4) is 0 Å². The molecule has 0 saturated heterocycles. The van der Waals surface area contributed by atoms with Crippen molar-refractivity contribution in [3.05, 3.63) is 148 Å². The van der Waals surface area contributed by atoms with Crippen LogP contribution in [0.2, 0.25) is 0 Å². The summed E-state index contributed by atoms with van der Waals surface area (Å²) >= 11 is 0. The highest BCUT2D eigenvalue weighted by Gasteiger charge is 2.28. The summed E-state index contributed by atoms with van der Waals surface area (Å²) in [6.07, 6.45) is 8.15. The standard InChI is InChI=1S/C37H40N3O/c41-37(36-34-23-29(16-15-27-9-3-1-4-10-27)17-18-31(34)14-8-22-39-36)40-35(24-28-11-5-2-6-12-28)32-20-19-30-13-7-21-38-26-33(30)25-32/h1-6,9-12,16-20,23,25,35-36,38-39H,7-8,13-15,21-22,24,26H2,(H,40,41). The molecule has 1 amide bonds. The highest BCUT2D eigenvalue weighted by molar-refractivity contribution is 5.84. The summed E-state index contributed by atoms with van der Waals surface area (Å²) in [5.74, 6) is 0.0439. The van der Waals surface area contributed by atoms with E-state index in [0.29, 0.717) is 0 Å². The van der Waals surface area contributed by atoms with Crippen LogP contribution in [0.15, 0.2) is 97.1 Å². The van der Waals surface area contributed by atoms with Gasteiger partial charge in [0.2, 0.25) is 5.91 Å². The molecule has 4 aromatic rings. The molecule has 209 valence electrons. The third-order valence-corrected chi connectivity index (χ3v) is 8.48. The van der Waals surface area contributed by atoms with Crippen LogP contribution in [0.1, 0.15) is 69.4 Å². The van der Waals surface area contributed by atoms with Crippen molar-refractivity contribution in [2.75, 3.05) is 13.1 Å². The monoisotopic (exact) mass is 542 g/mol. The quantitative estimate of drug-likeness (QED) is 0.249. The fourth-order valence-corrected chi connectivity index (χ4v) is 6.21. The second kappa shape index (κ2) is 13.3. The number of benzene rings is 4. The van der Waals surface area contributed by atoms with Crippen LogP contribution >= 0.6 is 0 Å². The van der Waals surface area contributed by atoms with Gasteiger partial charge in [0.05, 0.1) is 6.04 Å². The maximum absolute atomic E-state index is 14.1. The summed E-state index contributed by atoms with van der Waals surface area (Å²) in [4.78, 5) is 14.1. The van der Waals surface area contributed by atoms with Crippen LogP contribution in [0.25, 0.3) is 0 Å². The molecular formula is C37H40N3O. The number of rotatable bonds is 8. The molecule has 0 aliphatic carbocycles. The Kier molecular flexibility index (Phi) is 8.89. The van der Waals surface area contributed by atoms with E-state index in [1.165, 1.54) is 33.4 Å². The zero-order valence-electron chi connectivity index (χ0n) is 23.7. The fourth-order valence-electron chi connectivity index (χ4n) is 6.21. The van der Waals surface area contributed by atoms with Crippen LogP contribution < -0.4 is 16.0 Å². The minimum Gasteiger partial charge on any atom is -0.347 e. The zero-order valence-corrected chi connectivity index (χ0v) is 23.7. The van der Waals surface area contributed by atoms with Gasteiger partial charge in [-0.3, -0.25) is 4.79 Å². The van der Waals surface area contributed by atoms with Gasteiger partial charge in [0.15, 0.2) is 0 Å². The first-order valence-electron chi connectivity index (χ1n) is 15.1. The fraction of sp³-hybridized carbons (Fsp3) is 0.297. The average molecular weight is 543 g/mol. The smallest absolute Gasteiger partial charge is 0.242 e. The SMILES string of the molecule is O=C(NC(Cc1ccccc1)c1ccc2c(c1)CNCCC2)C1NCCCc2ccc([CH]Cc3ccccc3)cc21. The molecule has 1 radical (unpaired) electrons. The van der Waals surface area contributed by atoms with E-state index < -0.39 is 0 Å². The molecule has 4 aromatic carbocycles. The molecule has 0 saturated carbocycles. The Balaban J connectivity index is 1.26. The van der Waals surface area contributed by atoms with Gasteiger partial charge in [0.25, 0.3) is 0 Å². The summed E-state index contributed by atoms with van der Waals surface area (Å²) in [7, 11) is 0. The average Bonchev–Trinajstić information content (AvgIpc) is 3.39.